The third-order valence-electron chi connectivity index (χ3n) is 2.65. The number of amides is 1. The molecular formula is C12H18N2O3. The first-order valence-corrected chi connectivity index (χ1v) is 5.88. The first-order valence-electron chi connectivity index (χ1n) is 5.88. The van der Waals surface area contributed by atoms with E-state index in [0.717, 1.165) is 5.56 Å². The molecule has 0 fully saturated rings. The fraction of sp³-hybridized carbons (Fsp3) is 0.583. The summed E-state index contributed by atoms with van der Waals surface area (Å²) < 4.78 is 12.7. The first-order chi connectivity index (χ1) is 8.27. The maximum Gasteiger partial charge on any atom is 0.267 e. The zero-order chi connectivity index (χ0) is 12.1. The van der Waals surface area contributed by atoms with Crippen LogP contribution in [0.3, 0.4) is 0 Å². The van der Waals surface area contributed by atoms with Crippen molar-refractivity contribution in [2.24, 2.45) is 0 Å². The van der Waals surface area contributed by atoms with Crippen LogP contribution >= 0.6 is 0 Å². The third kappa shape index (κ3) is 3.31. The van der Waals surface area contributed by atoms with Crippen molar-refractivity contribution in [2.75, 3.05) is 33.0 Å². The van der Waals surface area contributed by atoms with Crippen LogP contribution in [0.1, 0.15) is 16.1 Å². The highest BCUT2D eigenvalue weighted by Crippen LogP contribution is 2.08. The second kappa shape index (κ2) is 5.84. The van der Waals surface area contributed by atoms with Gasteiger partial charge in [0.25, 0.3) is 5.91 Å². The molecule has 5 nitrogen and oxygen atoms in total. The highest BCUT2D eigenvalue weighted by atomic mass is 16.5. The molecule has 5 heteroatoms. The van der Waals surface area contributed by atoms with Crippen LogP contribution in [0.25, 0.3) is 0 Å². The number of nitrogens with zero attached hydrogens (tertiary/aromatic N) is 1. The molecule has 1 aliphatic heterocycles. The third-order valence-corrected chi connectivity index (χ3v) is 2.65. The normalized spacial score (nSPS) is 18.8. The van der Waals surface area contributed by atoms with Crippen LogP contribution in [0.5, 0.6) is 0 Å². The Morgan fingerprint density at radius 3 is 2.82 bits per heavy atom. The van der Waals surface area contributed by atoms with E-state index in [1.54, 1.807) is 0 Å². The SMILES string of the molecule is Cc1cc2n(c1)CCOCCOCCNC2=O. The summed E-state index contributed by atoms with van der Waals surface area (Å²) in [5.74, 6) is -0.0535. The molecular weight excluding hydrogens is 220 g/mol. The Balaban J connectivity index is 2.11. The summed E-state index contributed by atoms with van der Waals surface area (Å²) in [6.45, 7) is 5.50. The first kappa shape index (κ1) is 12.1. The smallest absolute Gasteiger partial charge is 0.267 e. The van der Waals surface area contributed by atoms with E-state index in [-0.39, 0.29) is 5.91 Å². The Hall–Kier alpha value is -1.33. The summed E-state index contributed by atoms with van der Waals surface area (Å²) in [4.78, 5) is 11.9. The number of rotatable bonds is 0. The molecule has 0 spiro atoms. The molecule has 0 saturated carbocycles. The molecule has 1 N–H and O–H groups in total. The molecule has 94 valence electrons. The topological polar surface area (TPSA) is 52.5 Å². The highest BCUT2D eigenvalue weighted by Gasteiger charge is 2.12. The van der Waals surface area contributed by atoms with Crippen LogP contribution in [0.15, 0.2) is 12.3 Å². The van der Waals surface area contributed by atoms with Gasteiger partial charge in [0.05, 0.1) is 26.4 Å². The molecule has 0 atom stereocenters. The van der Waals surface area contributed by atoms with Gasteiger partial charge in [-0.25, -0.2) is 0 Å². The number of carbonyl (C=O) groups is 1. The zero-order valence-corrected chi connectivity index (χ0v) is 10.1. The van der Waals surface area contributed by atoms with Crippen molar-refractivity contribution in [1.82, 2.24) is 9.88 Å². The number of nitrogens with one attached hydrogen (secondary N) is 1. The molecule has 2 rings (SSSR count). The van der Waals surface area contributed by atoms with Gasteiger partial charge in [0.15, 0.2) is 0 Å². The van der Waals surface area contributed by atoms with Crippen LogP contribution in [0.2, 0.25) is 0 Å². The molecule has 0 aromatic carbocycles. The van der Waals surface area contributed by atoms with Crippen LogP contribution in [-0.2, 0) is 16.0 Å². The number of hydrogen-bond donors (Lipinski definition) is 1. The maximum absolute atomic E-state index is 11.9. The van der Waals surface area contributed by atoms with Crippen LogP contribution in [-0.4, -0.2) is 43.4 Å². The van der Waals surface area contributed by atoms with E-state index in [2.05, 4.69) is 5.32 Å². The molecule has 0 radical (unpaired) electrons. The predicted molar refractivity (Wildman–Crippen MR) is 63.1 cm³/mol. The molecule has 1 amide bonds. The molecule has 0 unspecified atom stereocenters. The van der Waals surface area contributed by atoms with Crippen molar-refractivity contribution in [3.05, 3.63) is 23.5 Å². The zero-order valence-electron chi connectivity index (χ0n) is 10.1. The Morgan fingerprint density at radius 2 is 2.00 bits per heavy atom. The maximum atomic E-state index is 11.9. The lowest BCUT2D eigenvalue weighted by atomic mass is 10.3. The summed E-state index contributed by atoms with van der Waals surface area (Å²) >= 11 is 0. The van der Waals surface area contributed by atoms with Gasteiger partial charge >= 0.3 is 0 Å². The fourth-order valence-corrected chi connectivity index (χ4v) is 1.84. The van der Waals surface area contributed by atoms with E-state index in [9.17, 15) is 4.79 Å². The number of ether oxygens (including phenoxy) is 2. The number of fused-ring (bicyclic) bond motifs is 1. The van der Waals surface area contributed by atoms with Crippen LogP contribution in [0.4, 0.5) is 0 Å². The van der Waals surface area contributed by atoms with E-state index in [0.29, 0.717) is 45.2 Å². The molecule has 1 aromatic heterocycles. The average Bonchev–Trinajstić information content (AvgIpc) is 2.66. The Kier molecular flexibility index (Phi) is 4.17. The Morgan fingerprint density at radius 1 is 1.24 bits per heavy atom. The number of carbonyl (C=O) groups excluding carboxylic acids is 1. The van der Waals surface area contributed by atoms with Gasteiger partial charge in [-0.2, -0.15) is 0 Å². The molecule has 1 aliphatic rings. The van der Waals surface area contributed by atoms with Gasteiger partial charge in [-0.1, -0.05) is 0 Å². The lowest BCUT2D eigenvalue weighted by Crippen LogP contribution is -2.30. The number of aryl methyl sites for hydroxylation is 1. The highest BCUT2D eigenvalue weighted by molar-refractivity contribution is 5.93. The van der Waals surface area contributed by atoms with Crippen molar-refractivity contribution in [1.29, 1.82) is 0 Å². The molecule has 2 heterocycles. The van der Waals surface area contributed by atoms with Crippen molar-refractivity contribution in [2.45, 2.75) is 13.5 Å². The van der Waals surface area contributed by atoms with E-state index >= 15 is 0 Å². The van der Waals surface area contributed by atoms with Crippen molar-refractivity contribution >= 4 is 5.91 Å². The number of hydrogen-bond acceptors (Lipinski definition) is 3. The van der Waals surface area contributed by atoms with Crippen LogP contribution in [0, 0.1) is 6.92 Å². The van der Waals surface area contributed by atoms with Crippen LogP contribution < -0.4 is 5.32 Å². The fourth-order valence-electron chi connectivity index (χ4n) is 1.84. The van der Waals surface area contributed by atoms with Gasteiger partial charge in [-0.05, 0) is 18.6 Å². The summed E-state index contributed by atoms with van der Waals surface area (Å²) in [7, 11) is 0. The van der Waals surface area contributed by atoms with Gasteiger partial charge < -0.3 is 19.4 Å². The van der Waals surface area contributed by atoms with Crippen molar-refractivity contribution in [3.63, 3.8) is 0 Å². The summed E-state index contributed by atoms with van der Waals surface area (Å²) in [6.07, 6.45) is 1.97. The monoisotopic (exact) mass is 238 g/mol. The molecule has 17 heavy (non-hydrogen) atoms. The minimum absolute atomic E-state index is 0.0535. The van der Waals surface area contributed by atoms with E-state index < -0.39 is 0 Å². The largest absolute Gasteiger partial charge is 0.377 e. The van der Waals surface area contributed by atoms with Gasteiger partial charge in [0, 0.05) is 19.3 Å². The van der Waals surface area contributed by atoms with E-state index in [4.69, 9.17) is 9.47 Å². The molecule has 0 saturated heterocycles. The predicted octanol–water partition coefficient (Wildman–Crippen LogP) is 0.573. The minimum atomic E-state index is -0.0535. The molecule has 1 aromatic rings. The summed E-state index contributed by atoms with van der Waals surface area (Å²) in [6, 6.07) is 1.89. The van der Waals surface area contributed by atoms with Gasteiger partial charge in [0.2, 0.25) is 0 Å². The standard InChI is InChI=1S/C12H18N2O3/c1-10-8-11-12(15)13-2-4-16-6-7-17-5-3-14(11)9-10/h8-9H,2-7H2,1H3,(H,13,15). The second-order valence-electron chi connectivity index (χ2n) is 4.08. The van der Waals surface area contributed by atoms with Gasteiger partial charge in [-0.3, -0.25) is 4.79 Å². The van der Waals surface area contributed by atoms with Crippen molar-refractivity contribution < 1.29 is 14.3 Å². The number of aromatic nitrogens is 1. The Labute approximate surface area is 101 Å². The quantitative estimate of drug-likeness (QED) is 0.719. The Bertz CT molecular complexity index is 387. The van der Waals surface area contributed by atoms with Gasteiger partial charge in [0.1, 0.15) is 5.69 Å². The average molecular weight is 238 g/mol. The van der Waals surface area contributed by atoms with Gasteiger partial charge in [-0.15, -0.1) is 0 Å². The molecule has 0 bridgehead atoms. The lowest BCUT2D eigenvalue weighted by Gasteiger charge is -2.12. The van der Waals surface area contributed by atoms with Crippen molar-refractivity contribution in [3.8, 4) is 0 Å². The molecule has 0 aliphatic carbocycles. The van der Waals surface area contributed by atoms with E-state index in [1.807, 2.05) is 23.8 Å². The lowest BCUT2D eigenvalue weighted by molar-refractivity contribution is 0.0435. The summed E-state index contributed by atoms with van der Waals surface area (Å²) in [5.41, 5.74) is 1.77. The minimum Gasteiger partial charge on any atom is -0.377 e. The summed E-state index contributed by atoms with van der Waals surface area (Å²) in [5, 5.41) is 2.84. The van der Waals surface area contributed by atoms with E-state index in [1.165, 1.54) is 0 Å². The second-order valence-corrected chi connectivity index (χ2v) is 4.08.